The van der Waals surface area contributed by atoms with Crippen molar-refractivity contribution >= 4 is 0 Å². The first-order chi connectivity index (χ1) is 7.71. The normalized spacial score (nSPS) is 19.9. The predicted molar refractivity (Wildman–Crippen MR) is 77.3 cm³/mol. The third kappa shape index (κ3) is 4.99. The fraction of sp³-hybridized carbons (Fsp3) is 1.00. The summed E-state index contributed by atoms with van der Waals surface area (Å²) in [5, 5.41) is 0. The molecule has 102 valence electrons. The topological polar surface area (TPSA) is 3.24 Å². The third-order valence-electron chi connectivity index (χ3n) is 4.27. The van der Waals surface area contributed by atoms with Crippen LogP contribution in [-0.2, 0) is 0 Å². The first kappa shape index (κ1) is 15.0. The van der Waals surface area contributed by atoms with Crippen molar-refractivity contribution < 1.29 is 0 Å². The number of hydrogen-bond donors (Lipinski definition) is 0. The van der Waals surface area contributed by atoms with E-state index in [9.17, 15) is 0 Å². The van der Waals surface area contributed by atoms with Crippen molar-refractivity contribution in [2.24, 2.45) is 16.7 Å². The summed E-state index contributed by atoms with van der Waals surface area (Å²) in [6, 6.07) is 0. The minimum absolute atomic E-state index is 0.425. The molecule has 0 aromatic rings. The molecule has 17 heavy (non-hydrogen) atoms. The minimum atomic E-state index is 0.425. The lowest BCUT2D eigenvalue weighted by atomic mass is 9.65. The summed E-state index contributed by atoms with van der Waals surface area (Å²) < 4.78 is 0. The standard InChI is InChI=1S/C16H33N/c1-15(2,3)14(16(4,5)6)10-13-17-11-8-7-9-12-17/h14H,7-13H2,1-6H3. The Morgan fingerprint density at radius 2 is 1.29 bits per heavy atom. The van der Waals surface area contributed by atoms with Crippen LogP contribution >= 0.6 is 0 Å². The maximum atomic E-state index is 2.67. The van der Waals surface area contributed by atoms with Gasteiger partial charge in [-0.1, -0.05) is 48.0 Å². The Morgan fingerprint density at radius 1 is 0.824 bits per heavy atom. The van der Waals surface area contributed by atoms with E-state index in [0.29, 0.717) is 10.8 Å². The van der Waals surface area contributed by atoms with E-state index in [-0.39, 0.29) is 0 Å². The zero-order chi connectivity index (χ0) is 13.1. The molecule has 1 heteroatoms. The Morgan fingerprint density at radius 3 is 1.71 bits per heavy atom. The molecule has 0 saturated carbocycles. The van der Waals surface area contributed by atoms with Crippen LogP contribution in [0.3, 0.4) is 0 Å². The van der Waals surface area contributed by atoms with Gasteiger partial charge in [-0.15, -0.1) is 0 Å². The molecule has 0 N–H and O–H groups in total. The smallest absolute Gasteiger partial charge is 0.00157 e. The van der Waals surface area contributed by atoms with Crippen molar-refractivity contribution in [1.82, 2.24) is 4.90 Å². The molecule has 0 radical (unpaired) electrons. The first-order valence-corrected chi connectivity index (χ1v) is 7.43. The van der Waals surface area contributed by atoms with E-state index in [1.165, 1.54) is 45.3 Å². The van der Waals surface area contributed by atoms with Crippen LogP contribution in [0.15, 0.2) is 0 Å². The Kier molecular flexibility index (Phi) is 5.07. The van der Waals surface area contributed by atoms with Crippen molar-refractivity contribution in [1.29, 1.82) is 0 Å². The van der Waals surface area contributed by atoms with Crippen LogP contribution in [-0.4, -0.2) is 24.5 Å². The van der Waals surface area contributed by atoms with Crippen molar-refractivity contribution in [3.05, 3.63) is 0 Å². The van der Waals surface area contributed by atoms with Gasteiger partial charge in [-0.05, 0) is 55.6 Å². The highest BCUT2D eigenvalue weighted by Gasteiger charge is 2.34. The summed E-state index contributed by atoms with van der Waals surface area (Å²) in [7, 11) is 0. The van der Waals surface area contributed by atoms with E-state index in [0.717, 1.165) is 5.92 Å². The average Bonchev–Trinajstić information content (AvgIpc) is 2.15. The maximum absolute atomic E-state index is 2.67. The molecule has 1 aliphatic rings. The summed E-state index contributed by atoms with van der Waals surface area (Å²) in [6.07, 6.45) is 5.62. The monoisotopic (exact) mass is 239 g/mol. The SMILES string of the molecule is CC(C)(C)C(CCN1CCCCC1)C(C)(C)C. The van der Waals surface area contributed by atoms with E-state index in [4.69, 9.17) is 0 Å². The molecule has 1 rings (SSSR count). The summed E-state index contributed by atoms with van der Waals surface area (Å²) in [5.41, 5.74) is 0.849. The van der Waals surface area contributed by atoms with Gasteiger partial charge in [0, 0.05) is 0 Å². The number of likely N-dealkylation sites (tertiary alicyclic amines) is 1. The van der Waals surface area contributed by atoms with Gasteiger partial charge in [0.1, 0.15) is 0 Å². The van der Waals surface area contributed by atoms with Gasteiger partial charge in [0.2, 0.25) is 0 Å². The zero-order valence-electron chi connectivity index (χ0n) is 13.0. The summed E-state index contributed by atoms with van der Waals surface area (Å²) in [6.45, 7) is 18.4. The predicted octanol–water partition coefficient (Wildman–Crippen LogP) is 4.57. The number of nitrogens with zero attached hydrogens (tertiary/aromatic N) is 1. The molecule has 1 nitrogen and oxygen atoms in total. The van der Waals surface area contributed by atoms with Crippen LogP contribution in [0.4, 0.5) is 0 Å². The number of piperidine rings is 1. The minimum Gasteiger partial charge on any atom is -0.303 e. The van der Waals surface area contributed by atoms with Gasteiger partial charge < -0.3 is 4.90 Å². The van der Waals surface area contributed by atoms with E-state index in [2.05, 4.69) is 46.4 Å². The lowest BCUT2D eigenvalue weighted by molar-refractivity contribution is 0.0754. The van der Waals surface area contributed by atoms with Crippen LogP contribution in [0.1, 0.15) is 67.2 Å². The number of rotatable bonds is 3. The molecule has 0 aromatic carbocycles. The first-order valence-electron chi connectivity index (χ1n) is 7.43. The molecule has 1 fully saturated rings. The fourth-order valence-corrected chi connectivity index (χ4v) is 3.66. The molecular formula is C16H33N. The molecule has 0 amide bonds. The molecule has 1 saturated heterocycles. The van der Waals surface area contributed by atoms with Crippen LogP contribution in [0.5, 0.6) is 0 Å². The molecule has 0 spiro atoms. The Hall–Kier alpha value is -0.0400. The summed E-state index contributed by atoms with van der Waals surface area (Å²) in [5.74, 6) is 0.803. The quantitative estimate of drug-likeness (QED) is 0.697. The highest BCUT2D eigenvalue weighted by molar-refractivity contribution is 4.84. The lowest BCUT2D eigenvalue weighted by Gasteiger charge is -2.42. The molecule has 0 aliphatic carbocycles. The van der Waals surface area contributed by atoms with E-state index in [1.54, 1.807) is 0 Å². The molecule has 0 atom stereocenters. The summed E-state index contributed by atoms with van der Waals surface area (Å²) >= 11 is 0. The summed E-state index contributed by atoms with van der Waals surface area (Å²) in [4.78, 5) is 2.67. The van der Waals surface area contributed by atoms with Gasteiger partial charge in [0.25, 0.3) is 0 Å². The van der Waals surface area contributed by atoms with E-state index < -0.39 is 0 Å². The van der Waals surface area contributed by atoms with Crippen molar-refractivity contribution in [2.75, 3.05) is 19.6 Å². The van der Waals surface area contributed by atoms with Gasteiger partial charge >= 0.3 is 0 Å². The van der Waals surface area contributed by atoms with Crippen molar-refractivity contribution in [3.8, 4) is 0 Å². The zero-order valence-corrected chi connectivity index (χ0v) is 13.0. The van der Waals surface area contributed by atoms with Crippen molar-refractivity contribution in [2.45, 2.75) is 67.2 Å². The highest BCUT2D eigenvalue weighted by atomic mass is 15.1. The third-order valence-corrected chi connectivity index (χ3v) is 4.27. The average molecular weight is 239 g/mol. The molecule has 0 unspecified atom stereocenters. The van der Waals surface area contributed by atoms with Gasteiger partial charge in [-0.3, -0.25) is 0 Å². The Balaban J connectivity index is 2.49. The largest absolute Gasteiger partial charge is 0.303 e. The Bertz CT molecular complexity index is 199. The molecule has 1 aliphatic heterocycles. The van der Waals surface area contributed by atoms with Crippen LogP contribution in [0.2, 0.25) is 0 Å². The van der Waals surface area contributed by atoms with Gasteiger partial charge in [-0.25, -0.2) is 0 Å². The van der Waals surface area contributed by atoms with Gasteiger partial charge in [-0.2, -0.15) is 0 Å². The molecule has 0 aromatic heterocycles. The highest BCUT2D eigenvalue weighted by Crippen LogP contribution is 2.42. The molecular weight excluding hydrogens is 206 g/mol. The Labute approximate surface area is 109 Å². The number of hydrogen-bond acceptors (Lipinski definition) is 1. The molecule has 1 heterocycles. The second kappa shape index (κ2) is 5.73. The lowest BCUT2D eigenvalue weighted by Crippen LogP contribution is -2.38. The second-order valence-corrected chi connectivity index (χ2v) is 7.98. The van der Waals surface area contributed by atoms with Gasteiger partial charge in [0.05, 0.1) is 0 Å². The van der Waals surface area contributed by atoms with Crippen LogP contribution < -0.4 is 0 Å². The fourth-order valence-electron chi connectivity index (χ4n) is 3.66. The molecule has 0 bridgehead atoms. The van der Waals surface area contributed by atoms with Gasteiger partial charge in [0.15, 0.2) is 0 Å². The van der Waals surface area contributed by atoms with Crippen molar-refractivity contribution in [3.63, 3.8) is 0 Å². The van der Waals surface area contributed by atoms with Crippen LogP contribution in [0, 0.1) is 16.7 Å². The maximum Gasteiger partial charge on any atom is -0.00157 e. The second-order valence-electron chi connectivity index (χ2n) is 7.98. The van der Waals surface area contributed by atoms with Crippen LogP contribution in [0.25, 0.3) is 0 Å². The van der Waals surface area contributed by atoms with E-state index >= 15 is 0 Å². The van der Waals surface area contributed by atoms with E-state index in [1.807, 2.05) is 0 Å².